The SMILES string of the molecule is N#Cc1cccc(Cn2cc(/C=N/NC(=O)Cc3ccc(Br)cc3)c3ccccc32)c1. The number of halogens is 1. The van der Waals surface area contributed by atoms with Gasteiger partial charge in [0.25, 0.3) is 0 Å². The molecule has 1 heterocycles. The molecule has 0 bridgehead atoms. The number of nitrogens with one attached hydrogen (secondary N) is 1. The third kappa shape index (κ3) is 5.08. The zero-order chi connectivity index (χ0) is 21.6. The summed E-state index contributed by atoms with van der Waals surface area (Å²) in [7, 11) is 0. The van der Waals surface area contributed by atoms with Crippen LogP contribution < -0.4 is 5.43 Å². The van der Waals surface area contributed by atoms with Crippen LogP contribution in [-0.4, -0.2) is 16.7 Å². The second-order valence-corrected chi connectivity index (χ2v) is 8.05. The van der Waals surface area contributed by atoms with Crippen molar-refractivity contribution in [2.45, 2.75) is 13.0 Å². The third-order valence-corrected chi connectivity index (χ3v) is 5.43. The molecule has 0 saturated carbocycles. The van der Waals surface area contributed by atoms with Gasteiger partial charge in [0.2, 0.25) is 5.91 Å². The maximum atomic E-state index is 12.2. The molecule has 1 amide bonds. The molecule has 0 fully saturated rings. The fraction of sp³-hybridized carbons (Fsp3) is 0.0800. The molecule has 0 saturated heterocycles. The van der Waals surface area contributed by atoms with Crippen molar-refractivity contribution in [2.24, 2.45) is 5.10 Å². The van der Waals surface area contributed by atoms with Gasteiger partial charge in [0.1, 0.15) is 0 Å². The highest BCUT2D eigenvalue weighted by atomic mass is 79.9. The molecule has 0 atom stereocenters. The Morgan fingerprint density at radius 3 is 2.68 bits per heavy atom. The number of para-hydroxylation sites is 1. The molecule has 0 aliphatic rings. The van der Waals surface area contributed by atoms with Crippen LogP contribution in [0.5, 0.6) is 0 Å². The van der Waals surface area contributed by atoms with Crippen LogP contribution in [0.2, 0.25) is 0 Å². The summed E-state index contributed by atoms with van der Waals surface area (Å²) < 4.78 is 3.10. The maximum absolute atomic E-state index is 12.2. The van der Waals surface area contributed by atoms with E-state index in [1.54, 1.807) is 12.3 Å². The number of carbonyl (C=O) groups excluding carboxylic acids is 1. The maximum Gasteiger partial charge on any atom is 0.244 e. The zero-order valence-corrected chi connectivity index (χ0v) is 18.2. The Labute approximate surface area is 188 Å². The first-order valence-electron chi connectivity index (χ1n) is 9.75. The van der Waals surface area contributed by atoms with E-state index in [1.807, 2.05) is 72.9 Å². The summed E-state index contributed by atoms with van der Waals surface area (Å²) in [5, 5.41) is 14.3. The van der Waals surface area contributed by atoms with Crippen molar-refractivity contribution in [1.82, 2.24) is 9.99 Å². The highest BCUT2D eigenvalue weighted by Crippen LogP contribution is 2.21. The standard InChI is InChI=1S/C25H19BrN4O/c26-22-10-8-18(9-11-22)13-25(31)29-28-15-21-17-30(24-7-2-1-6-23(21)24)16-20-5-3-4-19(12-20)14-27/h1-12,15,17H,13,16H2,(H,29,31)/b28-15+. The molecule has 3 aromatic carbocycles. The molecule has 5 nitrogen and oxygen atoms in total. The molecule has 4 rings (SSSR count). The third-order valence-electron chi connectivity index (χ3n) is 4.90. The molecule has 31 heavy (non-hydrogen) atoms. The van der Waals surface area contributed by atoms with Crippen molar-refractivity contribution in [2.75, 3.05) is 0 Å². The molecule has 0 unspecified atom stereocenters. The smallest absolute Gasteiger partial charge is 0.244 e. The summed E-state index contributed by atoms with van der Waals surface area (Å²) in [5.74, 6) is -0.171. The highest BCUT2D eigenvalue weighted by Gasteiger charge is 2.08. The summed E-state index contributed by atoms with van der Waals surface area (Å²) in [6, 6.07) is 25.4. The van der Waals surface area contributed by atoms with Gasteiger partial charge < -0.3 is 4.57 Å². The Morgan fingerprint density at radius 2 is 1.87 bits per heavy atom. The number of hydrogen-bond donors (Lipinski definition) is 1. The lowest BCUT2D eigenvalue weighted by molar-refractivity contribution is -0.120. The van der Waals surface area contributed by atoms with Gasteiger partial charge >= 0.3 is 0 Å². The minimum Gasteiger partial charge on any atom is -0.342 e. The number of nitrogens with zero attached hydrogens (tertiary/aromatic N) is 3. The fourth-order valence-electron chi connectivity index (χ4n) is 3.45. The van der Waals surface area contributed by atoms with E-state index in [0.29, 0.717) is 12.1 Å². The lowest BCUT2D eigenvalue weighted by Gasteiger charge is -2.05. The Morgan fingerprint density at radius 1 is 1.06 bits per heavy atom. The minimum atomic E-state index is -0.171. The number of carbonyl (C=O) groups is 1. The summed E-state index contributed by atoms with van der Waals surface area (Å²) in [6.07, 6.45) is 3.94. The number of nitriles is 1. The van der Waals surface area contributed by atoms with E-state index in [-0.39, 0.29) is 12.3 Å². The summed E-state index contributed by atoms with van der Waals surface area (Å²) in [4.78, 5) is 12.2. The largest absolute Gasteiger partial charge is 0.342 e. The first-order chi connectivity index (χ1) is 15.1. The van der Waals surface area contributed by atoms with Crippen LogP contribution in [0.1, 0.15) is 22.3 Å². The number of amides is 1. The predicted molar refractivity (Wildman–Crippen MR) is 126 cm³/mol. The monoisotopic (exact) mass is 470 g/mol. The van der Waals surface area contributed by atoms with Crippen molar-refractivity contribution in [3.63, 3.8) is 0 Å². The average molecular weight is 471 g/mol. The first kappa shape index (κ1) is 20.6. The molecular formula is C25H19BrN4O. The second kappa shape index (κ2) is 9.41. The van der Waals surface area contributed by atoms with E-state index in [9.17, 15) is 4.79 Å². The molecule has 0 radical (unpaired) electrons. The van der Waals surface area contributed by atoms with Crippen LogP contribution in [0, 0.1) is 11.3 Å². The van der Waals surface area contributed by atoms with E-state index >= 15 is 0 Å². The van der Waals surface area contributed by atoms with Crippen LogP contribution in [0.15, 0.2) is 88.6 Å². The van der Waals surface area contributed by atoms with Crippen molar-refractivity contribution in [3.8, 4) is 6.07 Å². The van der Waals surface area contributed by atoms with Gasteiger partial charge in [-0.1, -0.05) is 58.4 Å². The highest BCUT2D eigenvalue weighted by molar-refractivity contribution is 9.10. The minimum absolute atomic E-state index is 0.171. The number of hydrazone groups is 1. The van der Waals surface area contributed by atoms with Gasteiger partial charge in [-0.15, -0.1) is 0 Å². The number of fused-ring (bicyclic) bond motifs is 1. The van der Waals surface area contributed by atoms with Crippen LogP contribution in [-0.2, 0) is 17.8 Å². The van der Waals surface area contributed by atoms with E-state index < -0.39 is 0 Å². The van der Waals surface area contributed by atoms with E-state index in [4.69, 9.17) is 5.26 Å². The summed E-state index contributed by atoms with van der Waals surface area (Å²) in [6.45, 7) is 0.639. The molecule has 1 aromatic heterocycles. The van der Waals surface area contributed by atoms with Crippen molar-refractivity contribution in [1.29, 1.82) is 5.26 Å². The lowest BCUT2D eigenvalue weighted by atomic mass is 10.1. The molecule has 0 aliphatic heterocycles. The number of benzene rings is 3. The molecule has 0 spiro atoms. The molecule has 0 aliphatic carbocycles. The van der Waals surface area contributed by atoms with Crippen molar-refractivity contribution < 1.29 is 4.79 Å². The van der Waals surface area contributed by atoms with Gasteiger partial charge in [0.15, 0.2) is 0 Å². The molecular weight excluding hydrogens is 452 g/mol. The first-order valence-corrected chi connectivity index (χ1v) is 10.5. The van der Waals surface area contributed by atoms with Crippen LogP contribution in [0.25, 0.3) is 10.9 Å². The molecule has 4 aromatic rings. The van der Waals surface area contributed by atoms with Crippen LogP contribution in [0.3, 0.4) is 0 Å². The Bertz CT molecular complexity index is 1300. The van der Waals surface area contributed by atoms with E-state index in [2.05, 4.69) is 37.1 Å². The predicted octanol–water partition coefficient (Wildman–Crippen LogP) is 5.02. The molecule has 152 valence electrons. The topological polar surface area (TPSA) is 70.2 Å². The van der Waals surface area contributed by atoms with E-state index in [1.165, 1.54) is 0 Å². The molecule has 1 N–H and O–H groups in total. The normalized spacial score (nSPS) is 11.0. The Balaban J connectivity index is 1.50. The number of aromatic nitrogens is 1. The quantitative estimate of drug-likeness (QED) is 0.317. The fourth-order valence-corrected chi connectivity index (χ4v) is 3.71. The van der Waals surface area contributed by atoms with Gasteiger partial charge in [-0.3, -0.25) is 4.79 Å². The molecule has 6 heteroatoms. The van der Waals surface area contributed by atoms with E-state index in [0.717, 1.165) is 32.1 Å². The van der Waals surface area contributed by atoms with Crippen LogP contribution in [0.4, 0.5) is 0 Å². The van der Waals surface area contributed by atoms with Crippen molar-refractivity contribution >= 4 is 39.0 Å². The van der Waals surface area contributed by atoms with Crippen molar-refractivity contribution in [3.05, 3.63) is 106 Å². The lowest BCUT2D eigenvalue weighted by Crippen LogP contribution is -2.19. The average Bonchev–Trinajstić information content (AvgIpc) is 3.13. The second-order valence-electron chi connectivity index (χ2n) is 7.14. The summed E-state index contributed by atoms with van der Waals surface area (Å²) in [5.41, 5.74) is 7.20. The Hall–Kier alpha value is -3.69. The van der Waals surface area contributed by atoms with Gasteiger partial charge in [0, 0.05) is 33.7 Å². The van der Waals surface area contributed by atoms with Gasteiger partial charge in [-0.05, 0) is 41.5 Å². The summed E-state index contributed by atoms with van der Waals surface area (Å²) >= 11 is 3.39. The van der Waals surface area contributed by atoms with Crippen LogP contribution >= 0.6 is 15.9 Å². The number of hydrogen-bond acceptors (Lipinski definition) is 3. The number of rotatable bonds is 6. The van der Waals surface area contributed by atoms with Gasteiger partial charge in [-0.25, -0.2) is 5.43 Å². The Kier molecular flexibility index (Phi) is 6.25. The van der Waals surface area contributed by atoms with Gasteiger partial charge in [0.05, 0.1) is 24.3 Å². The zero-order valence-electron chi connectivity index (χ0n) is 16.6. The van der Waals surface area contributed by atoms with Gasteiger partial charge in [-0.2, -0.15) is 10.4 Å².